The molecule has 2 aromatic rings. The predicted molar refractivity (Wildman–Crippen MR) is 71.8 cm³/mol. The summed E-state index contributed by atoms with van der Waals surface area (Å²) in [6.07, 6.45) is 2.30. The smallest absolute Gasteiger partial charge is 0.264 e. The largest absolute Gasteiger partial charge is 0.507 e. The van der Waals surface area contributed by atoms with Gasteiger partial charge >= 0.3 is 0 Å². The van der Waals surface area contributed by atoms with Gasteiger partial charge in [-0.15, -0.1) is 11.3 Å². The normalized spacial score (nSPS) is 14.3. The molecular formula is C13H12N2O3S. The molecule has 19 heavy (non-hydrogen) atoms. The van der Waals surface area contributed by atoms with Crippen molar-refractivity contribution in [3.63, 3.8) is 0 Å². The number of thiazole rings is 1. The van der Waals surface area contributed by atoms with Crippen LogP contribution in [-0.4, -0.2) is 21.1 Å². The highest BCUT2D eigenvalue weighted by Crippen LogP contribution is 2.41. The Balaban J connectivity index is 1.80. The van der Waals surface area contributed by atoms with E-state index in [-0.39, 0.29) is 17.1 Å². The quantitative estimate of drug-likeness (QED) is 0.805. The standard InChI is InChI=1S/C13H12N2O3S/c16-9-2-1-3-10(17)11(9)12(18)15-13-14-8(6-19-13)7-4-5-7/h1-3,6-7,16-17H,4-5H2,(H,14,15,18). The SMILES string of the molecule is O=C(Nc1nc(C2CC2)cs1)c1c(O)cccc1O. The monoisotopic (exact) mass is 276 g/mol. The van der Waals surface area contributed by atoms with Gasteiger partial charge in [-0.25, -0.2) is 4.98 Å². The Morgan fingerprint density at radius 2 is 2.00 bits per heavy atom. The van der Waals surface area contributed by atoms with Gasteiger partial charge in [0.25, 0.3) is 5.91 Å². The molecule has 6 heteroatoms. The highest BCUT2D eigenvalue weighted by atomic mass is 32.1. The number of nitrogens with zero attached hydrogens (tertiary/aromatic N) is 1. The molecule has 1 aliphatic rings. The van der Waals surface area contributed by atoms with Gasteiger partial charge < -0.3 is 10.2 Å². The van der Waals surface area contributed by atoms with E-state index in [1.54, 1.807) is 0 Å². The average Bonchev–Trinajstić information content (AvgIpc) is 3.10. The van der Waals surface area contributed by atoms with E-state index in [1.807, 2.05) is 5.38 Å². The second-order valence-electron chi connectivity index (χ2n) is 4.48. The first-order valence-electron chi connectivity index (χ1n) is 5.93. The molecule has 98 valence electrons. The van der Waals surface area contributed by atoms with Crippen LogP contribution in [0, 0.1) is 0 Å². The number of hydrogen-bond donors (Lipinski definition) is 3. The molecule has 3 rings (SSSR count). The molecule has 0 unspecified atom stereocenters. The number of phenolic OH excluding ortho intramolecular Hbond substituents is 2. The molecule has 3 N–H and O–H groups in total. The van der Waals surface area contributed by atoms with Gasteiger partial charge in [0, 0.05) is 11.3 Å². The third kappa shape index (κ3) is 2.39. The number of benzene rings is 1. The number of rotatable bonds is 3. The Hall–Kier alpha value is -2.08. The molecule has 1 saturated carbocycles. The van der Waals surface area contributed by atoms with Crippen LogP contribution in [0.1, 0.15) is 34.8 Å². The second kappa shape index (κ2) is 4.55. The summed E-state index contributed by atoms with van der Waals surface area (Å²) in [5, 5.41) is 24.2. The van der Waals surface area contributed by atoms with Crippen molar-refractivity contribution in [3.05, 3.63) is 34.8 Å². The zero-order valence-corrected chi connectivity index (χ0v) is 10.8. The summed E-state index contributed by atoms with van der Waals surface area (Å²) in [4.78, 5) is 16.3. The molecule has 1 fully saturated rings. The molecule has 1 aromatic carbocycles. The van der Waals surface area contributed by atoms with Gasteiger partial charge in [0.1, 0.15) is 17.1 Å². The first-order chi connectivity index (χ1) is 9.15. The lowest BCUT2D eigenvalue weighted by molar-refractivity contribution is 0.102. The number of phenols is 2. The van der Waals surface area contributed by atoms with Gasteiger partial charge in [-0.2, -0.15) is 0 Å². The van der Waals surface area contributed by atoms with Gasteiger partial charge in [0.2, 0.25) is 0 Å². The summed E-state index contributed by atoms with van der Waals surface area (Å²) in [7, 11) is 0. The molecule has 0 bridgehead atoms. The van der Waals surface area contributed by atoms with Crippen molar-refractivity contribution in [1.82, 2.24) is 4.98 Å². The molecule has 5 nitrogen and oxygen atoms in total. The van der Waals surface area contributed by atoms with E-state index in [4.69, 9.17) is 0 Å². The maximum absolute atomic E-state index is 12.0. The van der Waals surface area contributed by atoms with Crippen LogP contribution in [0.2, 0.25) is 0 Å². The third-order valence-electron chi connectivity index (χ3n) is 2.99. The Morgan fingerprint density at radius 3 is 2.63 bits per heavy atom. The van der Waals surface area contributed by atoms with Crippen LogP contribution in [-0.2, 0) is 0 Å². The first-order valence-corrected chi connectivity index (χ1v) is 6.81. The molecule has 0 spiro atoms. The van der Waals surface area contributed by atoms with Crippen LogP contribution >= 0.6 is 11.3 Å². The number of carbonyl (C=O) groups excluding carboxylic acids is 1. The topological polar surface area (TPSA) is 82.5 Å². The lowest BCUT2D eigenvalue weighted by Gasteiger charge is -2.06. The van der Waals surface area contributed by atoms with Crippen molar-refractivity contribution in [2.45, 2.75) is 18.8 Å². The highest BCUT2D eigenvalue weighted by molar-refractivity contribution is 7.14. The van der Waals surface area contributed by atoms with Crippen LogP contribution in [0.25, 0.3) is 0 Å². The fourth-order valence-corrected chi connectivity index (χ4v) is 2.62. The molecule has 0 saturated heterocycles. The van der Waals surface area contributed by atoms with E-state index in [1.165, 1.54) is 29.5 Å². The lowest BCUT2D eigenvalue weighted by Crippen LogP contribution is -2.12. The number of aromatic hydroxyl groups is 2. The van der Waals surface area contributed by atoms with Crippen molar-refractivity contribution in [1.29, 1.82) is 0 Å². The van der Waals surface area contributed by atoms with Gasteiger partial charge in [0.15, 0.2) is 5.13 Å². The van der Waals surface area contributed by atoms with E-state index < -0.39 is 5.91 Å². The van der Waals surface area contributed by atoms with Crippen LogP contribution in [0.4, 0.5) is 5.13 Å². The predicted octanol–water partition coefficient (Wildman–Crippen LogP) is 2.68. The molecule has 1 heterocycles. The minimum atomic E-state index is -0.563. The van der Waals surface area contributed by atoms with Crippen molar-refractivity contribution in [3.8, 4) is 11.5 Å². The number of hydrogen-bond acceptors (Lipinski definition) is 5. The summed E-state index contributed by atoms with van der Waals surface area (Å²) in [6, 6.07) is 4.17. The number of anilines is 1. The van der Waals surface area contributed by atoms with Crippen LogP contribution < -0.4 is 5.32 Å². The number of carbonyl (C=O) groups is 1. The Morgan fingerprint density at radius 1 is 1.32 bits per heavy atom. The van der Waals surface area contributed by atoms with E-state index in [2.05, 4.69) is 10.3 Å². The zero-order chi connectivity index (χ0) is 13.4. The zero-order valence-electron chi connectivity index (χ0n) is 9.96. The number of nitrogens with one attached hydrogen (secondary N) is 1. The Kier molecular flexibility index (Phi) is 2.87. The molecule has 1 amide bonds. The van der Waals surface area contributed by atoms with Crippen LogP contribution in [0.15, 0.2) is 23.6 Å². The van der Waals surface area contributed by atoms with E-state index in [9.17, 15) is 15.0 Å². The second-order valence-corrected chi connectivity index (χ2v) is 5.34. The van der Waals surface area contributed by atoms with Gasteiger partial charge in [0.05, 0.1) is 5.69 Å². The molecule has 0 aliphatic heterocycles. The van der Waals surface area contributed by atoms with Crippen molar-refractivity contribution in [2.24, 2.45) is 0 Å². The van der Waals surface area contributed by atoms with Gasteiger partial charge in [-0.05, 0) is 25.0 Å². The fourth-order valence-electron chi connectivity index (χ4n) is 1.83. The van der Waals surface area contributed by atoms with Gasteiger partial charge in [-0.3, -0.25) is 10.1 Å². The molecule has 1 aliphatic carbocycles. The minimum Gasteiger partial charge on any atom is -0.507 e. The van der Waals surface area contributed by atoms with E-state index >= 15 is 0 Å². The van der Waals surface area contributed by atoms with E-state index in [0.717, 1.165) is 18.5 Å². The maximum Gasteiger partial charge on any atom is 0.264 e. The number of aromatic nitrogens is 1. The summed E-state index contributed by atoms with van der Waals surface area (Å²) < 4.78 is 0. The van der Waals surface area contributed by atoms with Crippen molar-refractivity contribution < 1.29 is 15.0 Å². The van der Waals surface area contributed by atoms with Crippen LogP contribution in [0.3, 0.4) is 0 Å². The van der Waals surface area contributed by atoms with E-state index in [0.29, 0.717) is 11.0 Å². The van der Waals surface area contributed by atoms with Crippen molar-refractivity contribution in [2.75, 3.05) is 5.32 Å². The maximum atomic E-state index is 12.0. The molecule has 0 atom stereocenters. The fraction of sp³-hybridized carbons (Fsp3) is 0.231. The van der Waals surface area contributed by atoms with Crippen LogP contribution in [0.5, 0.6) is 11.5 Å². The first kappa shape index (κ1) is 12.0. The third-order valence-corrected chi connectivity index (χ3v) is 3.76. The average molecular weight is 276 g/mol. The molecular weight excluding hydrogens is 264 g/mol. The summed E-state index contributed by atoms with van der Waals surface area (Å²) in [5.41, 5.74) is 0.868. The summed E-state index contributed by atoms with van der Waals surface area (Å²) >= 11 is 1.35. The summed E-state index contributed by atoms with van der Waals surface area (Å²) in [6.45, 7) is 0. The molecule has 1 aromatic heterocycles. The lowest BCUT2D eigenvalue weighted by atomic mass is 10.1. The number of amides is 1. The Bertz CT molecular complexity index is 614. The molecule has 0 radical (unpaired) electrons. The highest BCUT2D eigenvalue weighted by Gasteiger charge is 2.26. The Labute approximate surface area is 113 Å². The van der Waals surface area contributed by atoms with Crippen molar-refractivity contribution >= 4 is 22.4 Å². The minimum absolute atomic E-state index is 0.134. The van der Waals surface area contributed by atoms with Gasteiger partial charge in [-0.1, -0.05) is 6.07 Å². The summed E-state index contributed by atoms with van der Waals surface area (Å²) in [5.74, 6) is -0.541.